The van der Waals surface area contributed by atoms with Crippen molar-refractivity contribution < 1.29 is 19.3 Å². The lowest BCUT2D eigenvalue weighted by molar-refractivity contribution is -0.141. The minimum Gasteiger partial charge on any atom is -0.496 e. The highest BCUT2D eigenvalue weighted by Crippen LogP contribution is 2.23. The number of hydrogen-bond donors (Lipinski definition) is 1. The highest BCUT2D eigenvalue weighted by molar-refractivity contribution is 5.71. The summed E-state index contributed by atoms with van der Waals surface area (Å²) >= 11 is 0. The monoisotopic (exact) mass is 276 g/mol. The fourth-order valence-electron chi connectivity index (χ4n) is 2.05. The van der Waals surface area contributed by atoms with Crippen LogP contribution in [0.5, 0.6) is 5.75 Å². The molecule has 20 heavy (non-hydrogen) atoms. The molecule has 0 aliphatic carbocycles. The first-order chi connectivity index (χ1) is 9.61. The van der Waals surface area contributed by atoms with Gasteiger partial charge in [-0.1, -0.05) is 28.5 Å². The van der Waals surface area contributed by atoms with E-state index < -0.39 is 11.9 Å². The topological polar surface area (TPSA) is 85.5 Å². The summed E-state index contributed by atoms with van der Waals surface area (Å²) in [5, 5.41) is 16.8. The minimum atomic E-state index is -0.877. The molecule has 1 unspecified atom stereocenters. The van der Waals surface area contributed by atoms with Crippen molar-refractivity contribution >= 4 is 5.97 Å². The maximum atomic E-state index is 11.4. The number of carbonyl (C=O) groups is 1. The van der Waals surface area contributed by atoms with Gasteiger partial charge in [-0.05, 0) is 25.0 Å². The molecule has 1 aromatic carbocycles. The number of benzene rings is 1. The molecule has 0 spiro atoms. The average Bonchev–Trinajstić information content (AvgIpc) is 2.84. The quantitative estimate of drug-likeness (QED) is 0.867. The Bertz CT molecular complexity index is 594. The van der Waals surface area contributed by atoms with Gasteiger partial charge in [-0.15, -0.1) is 0 Å². The van der Waals surface area contributed by atoms with Crippen molar-refractivity contribution in [2.45, 2.75) is 19.8 Å². The van der Waals surface area contributed by atoms with Gasteiger partial charge in [0.05, 0.1) is 13.0 Å². The molecular formula is C14H16N2O4. The zero-order chi connectivity index (χ0) is 14.5. The van der Waals surface area contributed by atoms with Gasteiger partial charge in [0.25, 0.3) is 0 Å². The van der Waals surface area contributed by atoms with Crippen LogP contribution in [0.2, 0.25) is 0 Å². The van der Waals surface area contributed by atoms with Crippen LogP contribution in [0.1, 0.15) is 17.0 Å². The molecule has 2 aromatic rings. The molecular weight excluding hydrogens is 260 g/mol. The van der Waals surface area contributed by atoms with Gasteiger partial charge in [-0.3, -0.25) is 4.79 Å². The van der Waals surface area contributed by atoms with Gasteiger partial charge in [0.1, 0.15) is 17.1 Å². The molecule has 0 saturated carbocycles. The summed E-state index contributed by atoms with van der Waals surface area (Å²) in [5.41, 5.74) is 2.06. The summed E-state index contributed by atoms with van der Waals surface area (Å²) in [4.78, 5) is 11.4. The molecule has 6 nitrogen and oxygen atoms in total. The van der Waals surface area contributed by atoms with Gasteiger partial charge < -0.3 is 9.84 Å². The number of aromatic nitrogens is 2. The summed E-state index contributed by atoms with van der Waals surface area (Å²) in [6, 6.07) is 7.39. The number of carboxylic acids is 1. The van der Waals surface area contributed by atoms with E-state index in [2.05, 4.69) is 14.9 Å². The molecule has 0 fully saturated rings. The number of nitrogens with zero attached hydrogens (tertiary/aromatic N) is 2. The summed E-state index contributed by atoms with van der Waals surface area (Å²) < 4.78 is 9.85. The second kappa shape index (κ2) is 6.18. The van der Waals surface area contributed by atoms with E-state index in [-0.39, 0.29) is 6.42 Å². The highest BCUT2D eigenvalue weighted by Gasteiger charge is 2.23. The normalized spacial score (nSPS) is 12.1. The molecule has 1 atom stereocenters. The predicted molar refractivity (Wildman–Crippen MR) is 70.6 cm³/mol. The largest absolute Gasteiger partial charge is 0.496 e. The smallest absolute Gasteiger partial charge is 0.307 e. The van der Waals surface area contributed by atoms with Gasteiger partial charge in [0.2, 0.25) is 0 Å². The van der Waals surface area contributed by atoms with Crippen LogP contribution in [0.3, 0.4) is 0 Å². The van der Waals surface area contributed by atoms with E-state index in [0.29, 0.717) is 23.6 Å². The Kier molecular flexibility index (Phi) is 4.34. The zero-order valence-corrected chi connectivity index (χ0v) is 11.4. The number of carboxylic acid groups (broad SMARTS) is 1. The van der Waals surface area contributed by atoms with Crippen LogP contribution in [-0.2, 0) is 17.6 Å². The van der Waals surface area contributed by atoms with Gasteiger partial charge >= 0.3 is 5.97 Å². The number of methoxy groups -OCH3 is 1. The molecule has 2 rings (SSSR count). The van der Waals surface area contributed by atoms with Crippen molar-refractivity contribution in [2.24, 2.45) is 5.92 Å². The van der Waals surface area contributed by atoms with E-state index in [1.807, 2.05) is 24.3 Å². The maximum absolute atomic E-state index is 11.4. The van der Waals surface area contributed by atoms with Crippen LogP contribution in [-0.4, -0.2) is 28.5 Å². The fraction of sp³-hybridized carbons (Fsp3) is 0.357. The molecule has 0 aliphatic heterocycles. The van der Waals surface area contributed by atoms with Crippen LogP contribution in [0.15, 0.2) is 28.9 Å². The molecule has 0 saturated heterocycles. The predicted octanol–water partition coefficient (Wildman–Crippen LogP) is 1.87. The number of rotatable bonds is 6. The van der Waals surface area contributed by atoms with Gasteiger partial charge in [-0.25, -0.2) is 4.63 Å². The Morgan fingerprint density at radius 1 is 1.35 bits per heavy atom. The first kappa shape index (κ1) is 14.0. The second-order valence-corrected chi connectivity index (χ2v) is 4.55. The summed E-state index contributed by atoms with van der Waals surface area (Å²) in [6.07, 6.45) is 0.647. The third-order valence-electron chi connectivity index (χ3n) is 3.19. The number of para-hydroxylation sites is 1. The van der Waals surface area contributed by atoms with E-state index in [1.165, 1.54) is 0 Å². The standard InChI is InChI=1S/C14H16N2O4/c1-9-12(16-20-15-9)8-11(14(17)18)7-10-5-3-4-6-13(10)19-2/h3-6,11H,7-8H2,1-2H3,(H,17,18). The van der Waals surface area contributed by atoms with Crippen molar-refractivity contribution in [1.82, 2.24) is 10.3 Å². The van der Waals surface area contributed by atoms with E-state index in [9.17, 15) is 9.90 Å². The van der Waals surface area contributed by atoms with Crippen molar-refractivity contribution in [3.63, 3.8) is 0 Å². The first-order valence-corrected chi connectivity index (χ1v) is 6.24. The molecule has 1 heterocycles. The Morgan fingerprint density at radius 3 is 2.70 bits per heavy atom. The molecule has 0 bridgehead atoms. The summed E-state index contributed by atoms with van der Waals surface area (Å²) in [7, 11) is 1.57. The molecule has 0 aliphatic rings. The Labute approximate surface area is 116 Å². The van der Waals surface area contributed by atoms with Crippen LogP contribution in [0, 0.1) is 12.8 Å². The van der Waals surface area contributed by atoms with Crippen LogP contribution >= 0.6 is 0 Å². The molecule has 106 valence electrons. The minimum absolute atomic E-state index is 0.280. The third kappa shape index (κ3) is 3.14. The van der Waals surface area contributed by atoms with Crippen molar-refractivity contribution in [3.05, 3.63) is 41.2 Å². The first-order valence-electron chi connectivity index (χ1n) is 6.24. The Morgan fingerprint density at radius 2 is 2.10 bits per heavy atom. The van der Waals surface area contributed by atoms with E-state index in [4.69, 9.17) is 4.74 Å². The number of ether oxygens (including phenoxy) is 1. The van der Waals surface area contributed by atoms with Crippen molar-refractivity contribution in [1.29, 1.82) is 0 Å². The van der Waals surface area contributed by atoms with Crippen molar-refractivity contribution in [3.8, 4) is 5.75 Å². The Hall–Kier alpha value is -2.37. The average molecular weight is 276 g/mol. The fourth-order valence-corrected chi connectivity index (χ4v) is 2.05. The van der Waals surface area contributed by atoms with Crippen molar-refractivity contribution in [2.75, 3.05) is 7.11 Å². The molecule has 1 aromatic heterocycles. The van der Waals surface area contributed by atoms with E-state index >= 15 is 0 Å². The van der Waals surface area contributed by atoms with Gasteiger partial charge in [0, 0.05) is 6.42 Å². The molecule has 6 heteroatoms. The maximum Gasteiger partial charge on any atom is 0.307 e. The third-order valence-corrected chi connectivity index (χ3v) is 3.19. The zero-order valence-electron chi connectivity index (χ0n) is 11.4. The van der Waals surface area contributed by atoms with Crippen LogP contribution in [0.4, 0.5) is 0 Å². The van der Waals surface area contributed by atoms with Gasteiger partial charge in [-0.2, -0.15) is 0 Å². The second-order valence-electron chi connectivity index (χ2n) is 4.55. The highest BCUT2D eigenvalue weighted by atomic mass is 16.6. The lowest BCUT2D eigenvalue weighted by atomic mass is 9.94. The molecule has 1 N–H and O–H groups in total. The Balaban J connectivity index is 2.18. The van der Waals surface area contributed by atoms with Gasteiger partial charge in [0.15, 0.2) is 0 Å². The lowest BCUT2D eigenvalue weighted by Crippen LogP contribution is -2.20. The number of aliphatic carboxylic acids is 1. The van der Waals surface area contributed by atoms with E-state index in [0.717, 1.165) is 5.56 Å². The number of aryl methyl sites for hydroxylation is 1. The summed E-state index contributed by atoms with van der Waals surface area (Å²) in [5.74, 6) is -0.788. The van der Waals surface area contributed by atoms with E-state index in [1.54, 1.807) is 14.0 Å². The lowest BCUT2D eigenvalue weighted by Gasteiger charge is -2.13. The van der Waals surface area contributed by atoms with Crippen LogP contribution in [0.25, 0.3) is 0 Å². The molecule has 0 radical (unpaired) electrons. The van der Waals surface area contributed by atoms with Crippen LogP contribution < -0.4 is 4.74 Å². The summed E-state index contributed by atoms with van der Waals surface area (Å²) in [6.45, 7) is 1.74. The SMILES string of the molecule is COc1ccccc1CC(Cc1nonc1C)C(=O)O. The number of hydrogen-bond acceptors (Lipinski definition) is 5. The molecule has 0 amide bonds.